The number of hydrogen-bond donors (Lipinski definition) is 3. The lowest BCUT2D eigenvalue weighted by molar-refractivity contribution is -0.116. The number of hydrogen-bond acceptors (Lipinski definition) is 3. The summed E-state index contributed by atoms with van der Waals surface area (Å²) >= 11 is 2.06. The fourth-order valence-corrected chi connectivity index (χ4v) is 2.82. The normalized spacial score (nSPS) is 10.3. The fraction of sp³-hybridized carbons (Fsp3) is 0.211. The van der Waals surface area contributed by atoms with Crippen molar-refractivity contribution in [1.29, 1.82) is 0 Å². The van der Waals surface area contributed by atoms with Crippen LogP contribution in [0.5, 0.6) is 0 Å². The lowest BCUT2D eigenvalue weighted by Crippen LogP contribution is -2.41. The van der Waals surface area contributed by atoms with Gasteiger partial charge in [-0.05, 0) is 64.9 Å². The van der Waals surface area contributed by atoms with Crippen LogP contribution in [0, 0.1) is 9.49 Å². The fourth-order valence-electron chi connectivity index (χ4n) is 2.19. The standard InChI is InChI=1S/C19H20IN3O3/c1-12(2)11-17(24)21-14-9-7-13(8-10-14)18(25)22-23-19(26)15-5-3-4-6-16(15)20/h3-10,12H,11H2,1-2H3,(H,21,24)(H,22,25)(H,23,26). The first-order valence-corrected chi connectivity index (χ1v) is 9.20. The first-order valence-electron chi connectivity index (χ1n) is 8.12. The summed E-state index contributed by atoms with van der Waals surface area (Å²) in [5, 5.41) is 2.78. The van der Waals surface area contributed by atoms with Gasteiger partial charge in [0.15, 0.2) is 0 Å². The van der Waals surface area contributed by atoms with Gasteiger partial charge in [-0.1, -0.05) is 26.0 Å². The molecule has 0 bridgehead atoms. The van der Waals surface area contributed by atoms with Crippen LogP contribution < -0.4 is 16.2 Å². The molecule has 6 nitrogen and oxygen atoms in total. The van der Waals surface area contributed by atoms with Crippen LogP contribution in [0.1, 0.15) is 41.0 Å². The second-order valence-electron chi connectivity index (χ2n) is 6.11. The molecule has 0 saturated heterocycles. The van der Waals surface area contributed by atoms with Crippen LogP contribution in [0.25, 0.3) is 0 Å². The van der Waals surface area contributed by atoms with Crippen molar-refractivity contribution in [3.05, 3.63) is 63.2 Å². The van der Waals surface area contributed by atoms with Crippen LogP contribution in [-0.2, 0) is 4.79 Å². The molecule has 0 aliphatic rings. The quantitative estimate of drug-likeness (QED) is 0.468. The molecule has 7 heteroatoms. The lowest BCUT2D eigenvalue weighted by atomic mass is 10.1. The SMILES string of the molecule is CC(C)CC(=O)Nc1ccc(C(=O)NNC(=O)c2ccccc2I)cc1. The molecule has 2 aromatic rings. The number of carbonyl (C=O) groups is 3. The number of rotatable bonds is 5. The van der Waals surface area contributed by atoms with Gasteiger partial charge in [0.2, 0.25) is 5.91 Å². The number of halogens is 1. The van der Waals surface area contributed by atoms with E-state index in [0.29, 0.717) is 23.2 Å². The summed E-state index contributed by atoms with van der Waals surface area (Å²) in [4.78, 5) is 36.0. The maximum Gasteiger partial charge on any atom is 0.270 e. The molecule has 0 fully saturated rings. The Morgan fingerprint density at radius 1 is 0.923 bits per heavy atom. The Kier molecular flexibility index (Phi) is 7.14. The first kappa shape index (κ1) is 19.9. The highest BCUT2D eigenvalue weighted by Gasteiger charge is 2.12. The molecular formula is C19H20IN3O3. The summed E-state index contributed by atoms with van der Waals surface area (Å²) in [5.41, 5.74) is 6.25. The van der Waals surface area contributed by atoms with E-state index in [-0.39, 0.29) is 17.7 Å². The summed E-state index contributed by atoms with van der Waals surface area (Å²) in [5.74, 6) is -0.622. The molecule has 3 amide bonds. The Hall–Kier alpha value is -2.42. The van der Waals surface area contributed by atoms with Gasteiger partial charge in [-0.2, -0.15) is 0 Å². The van der Waals surface area contributed by atoms with Gasteiger partial charge in [0.05, 0.1) is 5.56 Å². The number of amides is 3. The molecule has 3 N–H and O–H groups in total. The Bertz CT molecular complexity index is 804. The molecule has 0 saturated carbocycles. The number of nitrogens with one attached hydrogen (secondary N) is 3. The number of hydrazine groups is 1. The van der Waals surface area contributed by atoms with E-state index in [4.69, 9.17) is 0 Å². The van der Waals surface area contributed by atoms with E-state index < -0.39 is 5.91 Å². The third-order valence-corrected chi connectivity index (χ3v) is 4.37. The largest absolute Gasteiger partial charge is 0.326 e. The minimum Gasteiger partial charge on any atom is -0.326 e. The molecule has 2 aromatic carbocycles. The second kappa shape index (κ2) is 9.33. The zero-order valence-electron chi connectivity index (χ0n) is 14.5. The molecule has 0 radical (unpaired) electrons. The van der Waals surface area contributed by atoms with Gasteiger partial charge in [0.25, 0.3) is 11.8 Å². The summed E-state index contributed by atoms with van der Waals surface area (Å²) in [6.45, 7) is 3.94. The van der Waals surface area contributed by atoms with Crippen molar-refractivity contribution in [2.45, 2.75) is 20.3 Å². The predicted molar refractivity (Wildman–Crippen MR) is 109 cm³/mol. The molecule has 2 rings (SSSR count). The Morgan fingerprint density at radius 3 is 2.15 bits per heavy atom. The van der Waals surface area contributed by atoms with Crippen LogP contribution >= 0.6 is 22.6 Å². The molecule has 136 valence electrons. The minimum absolute atomic E-state index is 0.0677. The van der Waals surface area contributed by atoms with Crippen molar-refractivity contribution in [2.24, 2.45) is 5.92 Å². The van der Waals surface area contributed by atoms with Crippen molar-refractivity contribution in [2.75, 3.05) is 5.32 Å². The van der Waals surface area contributed by atoms with E-state index >= 15 is 0 Å². The highest BCUT2D eigenvalue weighted by Crippen LogP contribution is 2.12. The first-order chi connectivity index (χ1) is 12.4. The van der Waals surface area contributed by atoms with Gasteiger partial charge in [0.1, 0.15) is 0 Å². The van der Waals surface area contributed by atoms with Crippen LogP contribution in [0.4, 0.5) is 5.69 Å². The maximum absolute atomic E-state index is 12.1. The predicted octanol–water partition coefficient (Wildman–Crippen LogP) is 3.35. The average Bonchev–Trinajstić information content (AvgIpc) is 2.59. The van der Waals surface area contributed by atoms with Gasteiger partial charge in [0, 0.05) is 21.2 Å². The van der Waals surface area contributed by atoms with E-state index in [1.54, 1.807) is 36.4 Å². The maximum atomic E-state index is 12.1. The van der Waals surface area contributed by atoms with E-state index in [1.165, 1.54) is 0 Å². The number of carbonyl (C=O) groups excluding carboxylic acids is 3. The van der Waals surface area contributed by atoms with Gasteiger partial charge in [-0.15, -0.1) is 0 Å². The van der Waals surface area contributed by atoms with E-state index in [9.17, 15) is 14.4 Å². The van der Waals surface area contributed by atoms with E-state index in [1.807, 2.05) is 26.0 Å². The monoisotopic (exact) mass is 465 g/mol. The second-order valence-corrected chi connectivity index (χ2v) is 7.27. The Labute approximate surface area is 165 Å². The van der Waals surface area contributed by atoms with Gasteiger partial charge >= 0.3 is 0 Å². The molecule has 0 heterocycles. The molecule has 0 aliphatic heterocycles. The Balaban J connectivity index is 1.91. The summed E-state index contributed by atoms with van der Waals surface area (Å²) in [6, 6.07) is 13.5. The zero-order chi connectivity index (χ0) is 19.1. The average molecular weight is 465 g/mol. The highest BCUT2D eigenvalue weighted by atomic mass is 127. The minimum atomic E-state index is -0.440. The molecule has 0 unspecified atom stereocenters. The van der Waals surface area contributed by atoms with Crippen LogP contribution in [-0.4, -0.2) is 17.7 Å². The Morgan fingerprint density at radius 2 is 1.54 bits per heavy atom. The van der Waals surface area contributed by atoms with Crippen molar-refractivity contribution in [1.82, 2.24) is 10.9 Å². The smallest absolute Gasteiger partial charge is 0.270 e. The molecule has 0 aromatic heterocycles. The molecule has 0 atom stereocenters. The molecule has 0 aliphatic carbocycles. The van der Waals surface area contributed by atoms with Crippen molar-refractivity contribution >= 4 is 46.0 Å². The number of benzene rings is 2. The van der Waals surface area contributed by atoms with Crippen molar-refractivity contribution in [3.63, 3.8) is 0 Å². The van der Waals surface area contributed by atoms with Crippen molar-refractivity contribution < 1.29 is 14.4 Å². The summed E-state index contributed by atoms with van der Waals surface area (Å²) < 4.78 is 0.790. The highest BCUT2D eigenvalue weighted by molar-refractivity contribution is 14.1. The zero-order valence-corrected chi connectivity index (χ0v) is 16.7. The third kappa shape index (κ3) is 5.83. The van der Waals surface area contributed by atoms with Crippen LogP contribution in [0.15, 0.2) is 48.5 Å². The topological polar surface area (TPSA) is 87.3 Å². The lowest BCUT2D eigenvalue weighted by Gasteiger charge is -2.10. The molecule has 26 heavy (non-hydrogen) atoms. The van der Waals surface area contributed by atoms with Gasteiger partial charge in [-0.3, -0.25) is 25.2 Å². The van der Waals surface area contributed by atoms with Gasteiger partial charge < -0.3 is 5.32 Å². The third-order valence-electron chi connectivity index (χ3n) is 3.43. The van der Waals surface area contributed by atoms with Crippen LogP contribution in [0.2, 0.25) is 0 Å². The molecule has 0 spiro atoms. The summed E-state index contributed by atoms with van der Waals surface area (Å²) in [7, 11) is 0. The summed E-state index contributed by atoms with van der Waals surface area (Å²) in [6.07, 6.45) is 0.437. The van der Waals surface area contributed by atoms with Gasteiger partial charge in [-0.25, -0.2) is 0 Å². The number of anilines is 1. The van der Waals surface area contributed by atoms with Crippen LogP contribution in [0.3, 0.4) is 0 Å². The van der Waals surface area contributed by atoms with Crippen molar-refractivity contribution in [3.8, 4) is 0 Å². The van der Waals surface area contributed by atoms with E-state index in [0.717, 1.165) is 3.57 Å². The molecular weight excluding hydrogens is 445 g/mol. The van der Waals surface area contributed by atoms with E-state index in [2.05, 4.69) is 38.8 Å².